The van der Waals surface area contributed by atoms with Crippen LogP contribution >= 0.6 is 0 Å². The first kappa shape index (κ1) is 24.3. The number of H-pyrrole nitrogens is 1. The smallest absolute Gasteiger partial charge is 0.411 e. The first-order valence-electron chi connectivity index (χ1n) is 11.6. The highest BCUT2D eigenvalue weighted by Gasteiger charge is 2.46. The lowest BCUT2D eigenvalue weighted by Gasteiger charge is -2.40. The molecule has 8 nitrogen and oxygen atoms in total. The average Bonchev–Trinajstić information content (AvgIpc) is 3.20. The van der Waals surface area contributed by atoms with Gasteiger partial charge in [-0.1, -0.05) is 48.5 Å². The van der Waals surface area contributed by atoms with Crippen LogP contribution in [0.3, 0.4) is 0 Å². The second-order valence-corrected chi connectivity index (χ2v) is 9.56. The number of nitrogens with one attached hydrogen (secondary N) is 1. The second kappa shape index (κ2) is 9.82. The van der Waals surface area contributed by atoms with Gasteiger partial charge in [-0.05, 0) is 38.0 Å². The summed E-state index contributed by atoms with van der Waals surface area (Å²) in [5, 5.41) is 0.934. The normalized spacial score (nSPS) is 17.5. The van der Waals surface area contributed by atoms with Crippen LogP contribution in [-0.2, 0) is 36.8 Å². The Morgan fingerprint density at radius 2 is 1.71 bits per heavy atom. The Hall–Kier alpha value is -3.81. The van der Waals surface area contributed by atoms with E-state index in [1.807, 2.05) is 54.6 Å². The molecule has 1 N–H and O–H groups in total. The van der Waals surface area contributed by atoms with Crippen LogP contribution in [0.4, 0.5) is 4.79 Å². The average molecular weight is 479 g/mol. The molecule has 0 fully saturated rings. The number of fused-ring (bicyclic) bond motifs is 3. The number of carbonyl (C=O) groups is 3. The molecule has 0 saturated carbocycles. The van der Waals surface area contributed by atoms with E-state index >= 15 is 0 Å². The predicted molar refractivity (Wildman–Crippen MR) is 129 cm³/mol. The number of esters is 2. The number of aromatic nitrogens is 1. The molecule has 0 aliphatic carbocycles. The summed E-state index contributed by atoms with van der Waals surface area (Å²) in [6, 6.07) is 15.2. The van der Waals surface area contributed by atoms with Gasteiger partial charge in [-0.3, -0.25) is 9.69 Å². The van der Waals surface area contributed by atoms with Crippen molar-refractivity contribution in [3.8, 4) is 0 Å². The topological polar surface area (TPSA) is 97.9 Å². The van der Waals surface area contributed by atoms with Crippen molar-refractivity contribution in [3.63, 3.8) is 0 Å². The molecule has 35 heavy (non-hydrogen) atoms. The van der Waals surface area contributed by atoms with E-state index in [4.69, 9.17) is 14.2 Å². The number of ether oxygens (including phenoxy) is 3. The minimum atomic E-state index is -0.973. The van der Waals surface area contributed by atoms with Crippen molar-refractivity contribution in [2.45, 2.75) is 57.9 Å². The van der Waals surface area contributed by atoms with Crippen LogP contribution in [0.25, 0.3) is 10.9 Å². The van der Waals surface area contributed by atoms with Crippen LogP contribution in [-0.4, -0.2) is 46.7 Å². The van der Waals surface area contributed by atoms with Crippen LogP contribution in [0.2, 0.25) is 0 Å². The Kier molecular flexibility index (Phi) is 6.82. The van der Waals surface area contributed by atoms with Gasteiger partial charge in [0.2, 0.25) is 0 Å². The zero-order valence-electron chi connectivity index (χ0n) is 20.4. The second-order valence-electron chi connectivity index (χ2n) is 9.56. The van der Waals surface area contributed by atoms with Gasteiger partial charge in [0.05, 0.1) is 19.6 Å². The Morgan fingerprint density at radius 3 is 2.40 bits per heavy atom. The molecule has 0 saturated heterocycles. The Labute approximate surface area is 204 Å². The lowest BCUT2D eigenvalue weighted by atomic mass is 9.90. The van der Waals surface area contributed by atoms with E-state index in [-0.39, 0.29) is 19.4 Å². The molecule has 4 rings (SSSR count). The van der Waals surface area contributed by atoms with Gasteiger partial charge in [0.25, 0.3) is 0 Å². The van der Waals surface area contributed by atoms with Crippen molar-refractivity contribution < 1.29 is 28.6 Å². The first-order chi connectivity index (χ1) is 16.7. The molecule has 1 aliphatic heterocycles. The van der Waals surface area contributed by atoms with Crippen molar-refractivity contribution >= 4 is 28.9 Å². The minimum absolute atomic E-state index is 0.0295. The quantitative estimate of drug-likeness (QED) is 0.423. The molecule has 8 heteroatoms. The third kappa shape index (κ3) is 5.31. The molecule has 1 aromatic heterocycles. The van der Waals surface area contributed by atoms with Gasteiger partial charge in [-0.15, -0.1) is 0 Å². The highest BCUT2D eigenvalue weighted by atomic mass is 16.6. The zero-order chi connectivity index (χ0) is 25.2. The van der Waals surface area contributed by atoms with Gasteiger partial charge in [-0.2, -0.15) is 0 Å². The van der Waals surface area contributed by atoms with Crippen molar-refractivity contribution in [2.75, 3.05) is 7.11 Å². The van der Waals surface area contributed by atoms with Gasteiger partial charge in [0.15, 0.2) is 0 Å². The van der Waals surface area contributed by atoms with Gasteiger partial charge in [0.1, 0.15) is 18.2 Å². The number of hydrogen-bond donors (Lipinski definition) is 1. The van der Waals surface area contributed by atoms with E-state index < -0.39 is 35.7 Å². The lowest BCUT2D eigenvalue weighted by molar-refractivity contribution is -0.163. The Bertz CT molecular complexity index is 1230. The number of methoxy groups -OCH3 is 1. The predicted octanol–water partition coefficient (Wildman–Crippen LogP) is 4.68. The van der Waals surface area contributed by atoms with Crippen LogP contribution < -0.4 is 0 Å². The van der Waals surface area contributed by atoms with E-state index in [1.54, 1.807) is 20.8 Å². The number of benzene rings is 2. The molecular weight excluding hydrogens is 448 g/mol. The van der Waals surface area contributed by atoms with Gasteiger partial charge < -0.3 is 19.2 Å². The molecule has 0 bridgehead atoms. The maximum absolute atomic E-state index is 13.5. The largest absolute Gasteiger partial charge is 0.469 e. The monoisotopic (exact) mass is 478 g/mol. The molecule has 2 atom stereocenters. The van der Waals surface area contributed by atoms with Crippen LogP contribution in [0.5, 0.6) is 0 Å². The fourth-order valence-electron chi connectivity index (χ4n) is 4.43. The maximum atomic E-state index is 13.5. The van der Waals surface area contributed by atoms with Crippen molar-refractivity contribution in [1.82, 2.24) is 9.88 Å². The molecule has 3 aromatic rings. The molecular formula is C27H30N2O6. The molecule has 0 spiro atoms. The van der Waals surface area contributed by atoms with Crippen molar-refractivity contribution in [3.05, 3.63) is 71.4 Å². The number of amides is 1. The number of carbonyl (C=O) groups excluding carboxylic acids is 3. The SMILES string of the molecule is COC(=O)C[C@@H]1c2[nH]c3ccccc3c2C[C@@H](C(=O)OC(C)(C)C)N1C(=O)OCc1ccccc1. The summed E-state index contributed by atoms with van der Waals surface area (Å²) in [7, 11) is 1.29. The van der Waals surface area contributed by atoms with Crippen molar-refractivity contribution in [2.24, 2.45) is 0 Å². The maximum Gasteiger partial charge on any atom is 0.411 e. The summed E-state index contributed by atoms with van der Waals surface area (Å²) in [5.41, 5.74) is 2.47. The molecule has 2 heterocycles. The van der Waals surface area contributed by atoms with Crippen molar-refractivity contribution in [1.29, 1.82) is 0 Å². The minimum Gasteiger partial charge on any atom is -0.469 e. The molecule has 2 aromatic carbocycles. The highest BCUT2D eigenvalue weighted by molar-refractivity contribution is 5.90. The van der Waals surface area contributed by atoms with Gasteiger partial charge in [0, 0.05) is 23.0 Å². The van der Waals surface area contributed by atoms with E-state index in [1.165, 1.54) is 12.0 Å². The lowest BCUT2D eigenvalue weighted by Crippen LogP contribution is -2.53. The third-order valence-corrected chi connectivity index (χ3v) is 5.93. The van der Waals surface area contributed by atoms with E-state index in [9.17, 15) is 14.4 Å². The molecule has 184 valence electrons. The molecule has 1 amide bonds. The Balaban J connectivity index is 1.76. The van der Waals surface area contributed by atoms with E-state index in [2.05, 4.69) is 4.98 Å². The molecule has 0 radical (unpaired) electrons. The molecule has 1 aliphatic rings. The highest BCUT2D eigenvalue weighted by Crippen LogP contribution is 2.40. The van der Waals surface area contributed by atoms with Gasteiger partial charge in [-0.25, -0.2) is 9.59 Å². The number of rotatable bonds is 5. The summed E-state index contributed by atoms with van der Waals surface area (Å²) in [6.45, 7) is 5.35. The Morgan fingerprint density at radius 1 is 1.03 bits per heavy atom. The summed E-state index contributed by atoms with van der Waals surface area (Å²) < 4.78 is 16.2. The standard InChI is InChI=1S/C27H30N2O6/c1-27(2,3)35-25(31)22-14-19-18-12-8-9-13-20(18)28-24(19)21(15-23(30)33-4)29(22)26(32)34-16-17-10-6-5-7-11-17/h5-13,21-22,28H,14-16H2,1-4H3/t21-,22+/m1/s1. The fourth-order valence-corrected chi connectivity index (χ4v) is 4.43. The number of hydrogen-bond acceptors (Lipinski definition) is 6. The summed E-state index contributed by atoms with van der Waals surface area (Å²) in [5.74, 6) is -1.06. The summed E-state index contributed by atoms with van der Waals surface area (Å²) >= 11 is 0. The first-order valence-corrected chi connectivity index (χ1v) is 11.6. The van der Waals surface area contributed by atoms with E-state index in [0.717, 1.165) is 22.0 Å². The number of nitrogens with zero attached hydrogens (tertiary/aromatic N) is 1. The zero-order valence-corrected chi connectivity index (χ0v) is 20.4. The summed E-state index contributed by atoms with van der Waals surface area (Å²) in [6.07, 6.45) is -0.620. The van der Waals surface area contributed by atoms with Crippen LogP contribution in [0.15, 0.2) is 54.6 Å². The third-order valence-electron chi connectivity index (χ3n) is 5.93. The summed E-state index contributed by atoms with van der Waals surface area (Å²) in [4.78, 5) is 44.0. The van der Waals surface area contributed by atoms with E-state index in [0.29, 0.717) is 5.69 Å². The number of para-hydroxylation sites is 1. The van der Waals surface area contributed by atoms with Crippen LogP contribution in [0, 0.1) is 0 Å². The number of aromatic amines is 1. The fraction of sp³-hybridized carbons (Fsp3) is 0.370. The molecule has 0 unspecified atom stereocenters. The van der Waals surface area contributed by atoms with Gasteiger partial charge >= 0.3 is 18.0 Å². The van der Waals surface area contributed by atoms with Crippen LogP contribution in [0.1, 0.15) is 50.1 Å².